The third kappa shape index (κ3) is 8.08. The first-order chi connectivity index (χ1) is 7.76. The van der Waals surface area contributed by atoms with Crippen LogP contribution >= 0.6 is 0 Å². The molecule has 0 aliphatic rings. The van der Waals surface area contributed by atoms with Crippen molar-refractivity contribution in [3.05, 3.63) is 0 Å². The highest BCUT2D eigenvalue weighted by Gasteiger charge is 2.09. The topological polar surface area (TPSA) is 24.5 Å². The highest BCUT2D eigenvalue weighted by Crippen LogP contribution is 1.98. The van der Waals surface area contributed by atoms with E-state index in [4.69, 9.17) is 4.74 Å². The Hall–Kier alpha value is -0.120. The van der Waals surface area contributed by atoms with Crippen molar-refractivity contribution in [1.29, 1.82) is 0 Å². The average Bonchev–Trinajstić information content (AvgIpc) is 2.30. The number of rotatable bonds is 11. The first-order valence-corrected chi connectivity index (χ1v) is 6.78. The highest BCUT2D eigenvalue weighted by molar-refractivity contribution is 4.67. The summed E-state index contributed by atoms with van der Waals surface area (Å²) in [5.41, 5.74) is 0. The van der Waals surface area contributed by atoms with E-state index in [0.717, 1.165) is 39.3 Å². The number of likely N-dealkylation sites (N-methyl/N-ethyl adjacent to an activating group) is 1. The summed E-state index contributed by atoms with van der Waals surface area (Å²) in [4.78, 5) is 2.52. The monoisotopic (exact) mass is 230 g/mol. The van der Waals surface area contributed by atoms with Gasteiger partial charge in [-0.1, -0.05) is 13.8 Å². The molecular formula is C13H30N2O. The Morgan fingerprint density at radius 1 is 1.25 bits per heavy atom. The molecule has 0 amide bonds. The normalized spacial score (nSPS) is 13.3. The molecule has 0 saturated heterocycles. The Morgan fingerprint density at radius 2 is 2.00 bits per heavy atom. The summed E-state index contributed by atoms with van der Waals surface area (Å²) in [6.07, 6.45) is 2.35. The van der Waals surface area contributed by atoms with Crippen molar-refractivity contribution in [2.75, 3.05) is 39.4 Å². The summed E-state index contributed by atoms with van der Waals surface area (Å²) in [7, 11) is 0. The first kappa shape index (κ1) is 15.9. The van der Waals surface area contributed by atoms with Crippen molar-refractivity contribution >= 4 is 0 Å². The third-order valence-corrected chi connectivity index (χ3v) is 2.83. The molecule has 98 valence electrons. The van der Waals surface area contributed by atoms with E-state index in [0.29, 0.717) is 6.04 Å². The molecular weight excluding hydrogens is 200 g/mol. The van der Waals surface area contributed by atoms with Crippen molar-refractivity contribution in [1.82, 2.24) is 10.2 Å². The van der Waals surface area contributed by atoms with Gasteiger partial charge in [-0.25, -0.2) is 0 Å². The van der Waals surface area contributed by atoms with Crippen LogP contribution in [-0.2, 0) is 4.74 Å². The molecule has 0 aliphatic heterocycles. The molecule has 0 heterocycles. The van der Waals surface area contributed by atoms with E-state index in [2.05, 4.69) is 31.0 Å². The molecule has 0 bridgehead atoms. The van der Waals surface area contributed by atoms with Crippen molar-refractivity contribution in [2.45, 2.75) is 46.6 Å². The van der Waals surface area contributed by atoms with Crippen molar-refractivity contribution in [3.8, 4) is 0 Å². The summed E-state index contributed by atoms with van der Waals surface area (Å²) >= 11 is 0. The average molecular weight is 230 g/mol. The Balaban J connectivity index is 3.43. The number of hydrogen-bond acceptors (Lipinski definition) is 3. The minimum atomic E-state index is 0.636. The van der Waals surface area contributed by atoms with Crippen LogP contribution < -0.4 is 5.32 Å². The largest absolute Gasteiger partial charge is 0.382 e. The molecule has 0 radical (unpaired) electrons. The van der Waals surface area contributed by atoms with Gasteiger partial charge in [-0.3, -0.25) is 4.90 Å². The standard InChI is InChI=1S/C13H30N2O/c1-5-10-15(6-2)13(4)12-14-9-8-11-16-7-3/h13-14H,5-12H2,1-4H3. The summed E-state index contributed by atoms with van der Waals surface area (Å²) < 4.78 is 5.30. The molecule has 0 fully saturated rings. The SMILES string of the molecule is CCCN(CC)C(C)CNCCCOCC. The lowest BCUT2D eigenvalue weighted by Crippen LogP contribution is -2.41. The molecule has 1 atom stereocenters. The fourth-order valence-corrected chi connectivity index (χ4v) is 1.86. The van der Waals surface area contributed by atoms with Gasteiger partial charge >= 0.3 is 0 Å². The van der Waals surface area contributed by atoms with Crippen LogP contribution in [0.25, 0.3) is 0 Å². The Morgan fingerprint density at radius 3 is 2.56 bits per heavy atom. The van der Waals surface area contributed by atoms with Gasteiger partial charge in [0.2, 0.25) is 0 Å². The molecule has 1 N–H and O–H groups in total. The molecule has 0 spiro atoms. The van der Waals surface area contributed by atoms with Gasteiger partial charge < -0.3 is 10.1 Å². The van der Waals surface area contributed by atoms with Crippen molar-refractivity contribution in [3.63, 3.8) is 0 Å². The predicted molar refractivity (Wildman–Crippen MR) is 71.0 cm³/mol. The second-order valence-corrected chi connectivity index (χ2v) is 4.23. The van der Waals surface area contributed by atoms with E-state index in [1.807, 2.05) is 6.92 Å². The highest BCUT2D eigenvalue weighted by atomic mass is 16.5. The fraction of sp³-hybridized carbons (Fsp3) is 1.00. The zero-order valence-corrected chi connectivity index (χ0v) is 11.6. The zero-order valence-electron chi connectivity index (χ0n) is 11.6. The van der Waals surface area contributed by atoms with Gasteiger partial charge in [0, 0.05) is 25.8 Å². The first-order valence-electron chi connectivity index (χ1n) is 6.78. The van der Waals surface area contributed by atoms with Crippen LogP contribution in [0.15, 0.2) is 0 Å². The predicted octanol–water partition coefficient (Wildman–Crippen LogP) is 2.12. The van der Waals surface area contributed by atoms with Crippen LogP contribution in [0, 0.1) is 0 Å². The molecule has 0 rings (SSSR count). The Labute approximate surface area is 102 Å². The minimum absolute atomic E-state index is 0.636. The van der Waals surface area contributed by atoms with Crippen LogP contribution in [-0.4, -0.2) is 50.3 Å². The second-order valence-electron chi connectivity index (χ2n) is 4.23. The quantitative estimate of drug-likeness (QED) is 0.550. The summed E-state index contributed by atoms with van der Waals surface area (Å²) in [5.74, 6) is 0. The van der Waals surface area contributed by atoms with Gasteiger partial charge in [0.05, 0.1) is 0 Å². The maximum Gasteiger partial charge on any atom is 0.0477 e. The van der Waals surface area contributed by atoms with Gasteiger partial charge in [-0.2, -0.15) is 0 Å². The van der Waals surface area contributed by atoms with E-state index in [1.165, 1.54) is 13.0 Å². The molecule has 0 aromatic heterocycles. The van der Waals surface area contributed by atoms with Gasteiger partial charge in [0.1, 0.15) is 0 Å². The number of hydrogen-bond donors (Lipinski definition) is 1. The maximum absolute atomic E-state index is 5.30. The third-order valence-electron chi connectivity index (χ3n) is 2.83. The van der Waals surface area contributed by atoms with Crippen LogP contribution in [0.5, 0.6) is 0 Å². The van der Waals surface area contributed by atoms with Gasteiger partial charge in [-0.15, -0.1) is 0 Å². The zero-order chi connectivity index (χ0) is 12.2. The minimum Gasteiger partial charge on any atom is -0.382 e. The summed E-state index contributed by atoms with van der Waals surface area (Å²) in [5, 5.41) is 3.50. The molecule has 0 aliphatic carbocycles. The molecule has 3 heteroatoms. The molecule has 0 saturated carbocycles. The molecule has 0 aromatic carbocycles. The van der Waals surface area contributed by atoms with Crippen molar-refractivity contribution in [2.24, 2.45) is 0 Å². The van der Waals surface area contributed by atoms with Crippen LogP contribution in [0.3, 0.4) is 0 Å². The van der Waals surface area contributed by atoms with Gasteiger partial charge in [0.15, 0.2) is 0 Å². The summed E-state index contributed by atoms with van der Waals surface area (Å²) in [6.45, 7) is 15.0. The number of nitrogens with zero attached hydrogens (tertiary/aromatic N) is 1. The molecule has 3 nitrogen and oxygen atoms in total. The van der Waals surface area contributed by atoms with Gasteiger partial charge in [-0.05, 0) is 46.3 Å². The summed E-state index contributed by atoms with van der Waals surface area (Å²) in [6, 6.07) is 0.636. The second kappa shape index (κ2) is 11.4. The van der Waals surface area contributed by atoms with E-state index in [1.54, 1.807) is 0 Å². The molecule has 1 unspecified atom stereocenters. The lowest BCUT2D eigenvalue weighted by Gasteiger charge is -2.27. The van der Waals surface area contributed by atoms with Crippen molar-refractivity contribution < 1.29 is 4.74 Å². The Bertz CT molecular complexity index is 142. The lowest BCUT2D eigenvalue weighted by molar-refractivity contribution is 0.143. The number of ether oxygens (including phenoxy) is 1. The van der Waals surface area contributed by atoms with E-state index in [-0.39, 0.29) is 0 Å². The molecule has 0 aromatic rings. The number of nitrogens with one attached hydrogen (secondary N) is 1. The van der Waals surface area contributed by atoms with Crippen LogP contribution in [0.2, 0.25) is 0 Å². The smallest absolute Gasteiger partial charge is 0.0477 e. The lowest BCUT2D eigenvalue weighted by atomic mass is 10.2. The van der Waals surface area contributed by atoms with E-state index < -0.39 is 0 Å². The van der Waals surface area contributed by atoms with Gasteiger partial charge in [0.25, 0.3) is 0 Å². The van der Waals surface area contributed by atoms with Crippen LogP contribution in [0.4, 0.5) is 0 Å². The molecule has 16 heavy (non-hydrogen) atoms. The van der Waals surface area contributed by atoms with E-state index >= 15 is 0 Å². The maximum atomic E-state index is 5.30. The fourth-order valence-electron chi connectivity index (χ4n) is 1.86. The van der Waals surface area contributed by atoms with Crippen LogP contribution in [0.1, 0.15) is 40.5 Å². The van der Waals surface area contributed by atoms with E-state index in [9.17, 15) is 0 Å². The Kier molecular flexibility index (Phi) is 11.3.